The molecule has 0 aliphatic rings. The van der Waals surface area contributed by atoms with E-state index < -0.39 is 0 Å². The van der Waals surface area contributed by atoms with Crippen molar-refractivity contribution in [2.45, 2.75) is 45.1 Å². The molecular formula is C19H26N4O2. The molecular weight excluding hydrogens is 316 g/mol. The maximum Gasteiger partial charge on any atom is 0.319 e. The van der Waals surface area contributed by atoms with Gasteiger partial charge in [-0.15, -0.1) is 0 Å². The molecule has 1 aromatic carbocycles. The van der Waals surface area contributed by atoms with Gasteiger partial charge in [0, 0.05) is 12.0 Å². The lowest BCUT2D eigenvalue weighted by Gasteiger charge is -2.20. The molecule has 0 saturated carbocycles. The number of amides is 2. The fourth-order valence-corrected chi connectivity index (χ4v) is 2.41. The molecule has 1 heterocycles. The fourth-order valence-electron chi connectivity index (χ4n) is 2.41. The summed E-state index contributed by atoms with van der Waals surface area (Å²) in [5.41, 5.74) is 1.41. The van der Waals surface area contributed by atoms with Crippen LogP contribution in [0.5, 0.6) is 0 Å². The molecule has 0 radical (unpaired) electrons. The molecule has 0 bridgehead atoms. The molecule has 2 aromatic rings. The summed E-state index contributed by atoms with van der Waals surface area (Å²) in [5, 5.41) is 14.8. The van der Waals surface area contributed by atoms with Crippen molar-refractivity contribution in [3.8, 4) is 0 Å². The Balaban J connectivity index is 2.01. The molecule has 0 unspecified atom stereocenters. The topological polar surface area (TPSA) is 87.1 Å². The van der Waals surface area contributed by atoms with Gasteiger partial charge in [-0.05, 0) is 18.4 Å². The van der Waals surface area contributed by atoms with Crippen LogP contribution in [0.25, 0.3) is 0 Å². The number of anilines is 1. The van der Waals surface area contributed by atoms with Crippen molar-refractivity contribution in [2.24, 2.45) is 0 Å². The van der Waals surface area contributed by atoms with Crippen molar-refractivity contribution in [1.82, 2.24) is 15.3 Å². The highest BCUT2D eigenvalue weighted by Gasteiger charge is 2.18. The van der Waals surface area contributed by atoms with Crippen molar-refractivity contribution < 1.29 is 9.90 Å². The standard InChI is InChI=1S/C19H26N4O2/c1-19(2,3)17-20-12-15(13-21-17)22-18(25)23-16(10-7-11-24)14-8-5-4-6-9-14/h4-6,8-9,12-13,16,24H,7,10-11H2,1-3H3,(H2,22,23,25)/t16-/m1/s1. The Morgan fingerprint density at radius 1 is 1.16 bits per heavy atom. The van der Waals surface area contributed by atoms with Crippen LogP contribution in [0, 0.1) is 0 Å². The normalized spacial score (nSPS) is 12.5. The van der Waals surface area contributed by atoms with E-state index in [1.807, 2.05) is 51.1 Å². The molecule has 0 fully saturated rings. The molecule has 1 atom stereocenters. The SMILES string of the molecule is CC(C)(C)c1ncc(NC(=O)N[C@H](CCCO)c2ccccc2)cn1. The van der Waals surface area contributed by atoms with E-state index in [0.29, 0.717) is 18.5 Å². The zero-order valence-electron chi connectivity index (χ0n) is 15.0. The van der Waals surface area contributed by atoms with E-state index in [1.54, 1.807) is 12.4 Å². The third kappa shape index (κ3) is 5.83. The second kappa shape index (κ2) is 8.58. The van der Waals surface area contributed by atoms with Gasteiger partial charge >= 0.3 is 6.03 Å². The summed E-state index contributed by atoms with van der Waals surface area (Å²) >= 11 is 0. The van der Waals surface area contributed by atoms with Crippen molar-refractivity contribution in [2.75, 3.05) is 11.9 Å². The van der Waals surface area contributed by atoms with E-state index in [-0.39, 0.29) is 24.1 Å². The highest BCUT2D eigenvalue weighted by Crippen LogP contribution is 2.20. The predicted molar refractivity (Wildman–Crippen MR) is 98.4 cm³/mol. The van der Waals surface area contributed by atoms with E-state index in [1.165, 1.54) is 0 Å². The molecule has 2 rings (SSSR count). The minimum absolute atomic E-state index is 0.0920. The Hall–Kier alpha value is -2.47. The van der Waals surface area contributed by atoms with Crippen LogP contribution in [0.15, 0.2) is 42.7 Å². The first-order chi connectivity index (χ1) is 11.9. The van der Waals surface area contributed by atoms with Gasteiger partial charge in [0.2, 0.25) is 0 Å². The quantitative estimate of drug-likeness (QED) is 0.751. The number of aliphatic hydroxyl groups excluding tert-OH is 1. The molecule has 0 spiro atoms. The Morgan fingerprint density at radius 2 is 1.80 bits per heavy atom. The molecule has 134 valence electrons. The largest absolute Gasteiger partial charge is 0.396 e. The van der Waals surface area contributed by atoms with Gasteiger partial charge in [0.15, 0.2) is 0 Å². The van der Waals surface area contributed by atoms with Crippen LogP contribution in [-0.2, 0) is 5.41 Å². The number of carbonyl (C=O) groups is 1. The van der Waals surface area contributed by atoms with Gasteiger partial charge in [-0.25, -0.2) is 14.8 Å². The fraction of sp³-hybridized carbons (Fsp3) is 0.421. The highest BCUT2D eigenvalue weighted by molar-refractivity contribution is 5.89. The molecule has 25 heavy (non-hydrogen) atoms. The average molecular weight is 342 g/mol. The first-order valence-corrected chi connectivity index (χ1v) is 8.46. The first-order valence-electron chi connectivity index (χ1n) is 8.46. The molecule has 0 aliphatic heterocycles. The number of hydrogen-bond donors (Lipinski definition) is 3. The number of urea groups is 1. The van der Waals surface area contributed by atoms with Gasteiger partial charge in [-0.1, -0.05) is 51.1 Å². The van der Waals surface area contributed by atoms with Crippen LogP contribution in [0.2, 0.25) is 0 Å². The summed E-state index contributed by atoms with van der Waals surface area (Å²) in [7, 11) is 0. The third-order valence-electron chi connectivity index (χ3n) is 3.74. The summed E-state index contributed by atoms with van der Waals surface area (Å²) in [5.74, 6) is 0.726. The lowest BCUT2D eigenvalue weighted by atomic mass is 9.96. The van der Waals surface area contributed by atoms with Crippen LogP contribution in [0.4, 0.5) is 10.5 Å². The smallest absolute Gasteiger partial charge is 0.319 e. The van der Waals surface area contributed by atoms with Gasteiger partial charge in [-0.2, -0.15) is 0 Å². The minimum atomic E-state index is -0.320. The molecule has 3 N–H and O–H groups in total. The van der Waals surface area contributed by atoms with Crippen molar-refractivity contribution in [1.29, 1.82) is 0 Å². The minimum Gasteiger partial charge on any atom is -0.396 e. The van der Waals surface area contributed by atoms with Crippen LogP contribution >= 0.6 is 0 Å². The van der Waals surface area contributed by atoms with Gasteiger partial charge < -0.3 is 15.7 Å². The van der Waals surface area contributed by atoms with Crippen LogP contribution in [0.3, 0.4) is 0 Å². The van der Waals surface area contributed by atoms with E-state index in [0.717, 1.165) is 11.4 Å². The monoisotopic (exact) mass is 342 g/mol. The van der Waals surface area contributed by atoms with Gasteiger partial charge in [0.05, 0.1) is 24.1 Å². The number of nitrogens with zero attached hydrogens (tertiary/aromatic N) is 2. The summed E-state index contributed by atoms with van der Waals surface area (Å²) in [4.78, 5) is 20.9. The lowest BCUT2D eigenvalue weighted by Crippen LogP contribution is -2.33. The van der Waals surface area contributed by atoms with Crippen molar-refractivity contribution in [3.63, 3.8) is 0 Å². The van der Waals surface area contributed by atoms with Crippen LogP contribution in [0.1, 0.15) is 51.0 Å². The Bertz CT molecular complexity index is 666. The Kier molecular flexibility index (Phi) is 6.47. The zero-order chi connectivity index (χ0) is 18.3. The second-order valence-electron chi connectivity index (χ2n) is 6.97. The molecule has 6 heteroatoms. The van der Waals surface area contributed by atoms with Gasteiger partial charge in [-0.3, -0.25) is 0 Å². The van der Waals surface area contributed by atoms with E-state index in [4.69, 9.17) is 5.11 Å². The Morgan fingerprint density at radius 3 is 2.36 bits per heavy atom. The van der Waals surface area contributed by atoms with E-state index >= 15 is 0 Å². The molecule has 0 saturated heterocycles. The zero-order valence-corrected chi connectivity index (χ0v) is 15.0. The molecule has 6 nitrogen and oxygen atoms in total. The van der Waals surface area contributed by atoms with Gasteiger partial charge in [0.25, 0.3) is 0 Å². The van der Waals surface area contributed by atoms with Crippen LogP contribution in [-0.4, -0.2) is 27.7 Å². The van der Waals surface area contributed by atoms with Crippen molar-refractivity contribution in [3.05, 3.63) is 54.1 Å². The van der Waals surface area contributed by atoms with Crippen molar-refractivity contribution >= 4 is 11.7 Å². The van der Waals surface area contributed by atoms with Crippen LogP contribution < -0.4 is 10.6 Å². The molecule has 2 amide bonds. The third-order valence-corrected chi connectivity index (χ3v) is 3.74. The Labute approximate surface area is 148 Å². The number of rotatable bonds is 6. The summed E-state index contributed by atoms with van der Waals surface area (Å²) in [6, 6.07) is 9.23. The highest BCUT2D eigenvalue weighted by atomic mass is 16.3. The number of nitrogens with one attached hydrogen (secondary N) is 2. The predicted octanol–water partition coefficient (Wildman–Crippen LogP) is 3.41. The van der Waals surface area contributed by atoms with Gasteiger partial charge in [0.1, 0.15) is 5.82 Å². The summed E-state index contributed by atoms with van der Waals surface area (Å²) < 4.78 is 0. The first kappa shape index (κ1) is 18.9. The molecule has 1 aromatic heterocycles. The number of aromatic nitrogens is 2. The maximum absolute atomic E-state index is 12.3. The summed E-state index contributed by atoms with van der Waals surface area (Å²) in [6.45, 7) is 6.20. The number of aliphatic hydroxyl groups is 1. The molecule has 0 aliphatic carbocycles. The maximum atomic E-state index is 12.3. The second-order valence-corrected chi connectivity index (χ2v) is 6.97. The number of carbonyl (C=O) groups excluding carboxylic acids is 1. The number of hydrogen-bond acceptors (Lipinski definition) is 4. The van der Waals surface area contributed by atoms with E-state index in [9.17, 15) is 4.79 Å². The average Bonchev–Trinajstić information content (AvgIpc) is 2.59. The number of benzene rings is 1. The van der Waals surface area contributed by atoms with E-state index in [2.05, 4.69) is 20.6 Å². The summed E-state index contributed by atoms with van der Waals surface area (Å²) in [6.07, 6.45) is 4.49. The lowest BCUT2D eigenvalue weighted by molar-refractivity contribution is 0.243.